The third-order valence-corrected chi connectivity index (χ3v) is 4.44. The Bertz CT molecular complexity index is 1050. The molecule has 0 saturated heterocycles. The van der Waals surface area contributed by atoms with Crippen molar-refractivity contribution in [2.45, 2.75) is 6.92 Å². The summed E-state index contributed by atoms with van der Waals surface area (Å²) in [5, 5.41) is 5.67. The molecule has 29 heavy (non-hydrogen) atoms. The molecule has 0 spiro atoms. The van der Waals surface area contributed by atoms with Crippen LogP contribution < -0.4 is 20.1 Å². The first kappa shape index (κ1) is 19.9. The number of aryl methyl sites for hydroxylation is 1. The lowest BCUT2D eigenvalue weighted by Gasteiger charge is -2.12. The number of ether oxygens (including phenoxy) is 2. The van der Waals surface area contributed by atoms with Gasteiger partial charge in [-0.1, -0.05) is 24.3 Å². The average Bonchev–Trinajstić information content (AvgIpc) is 2.75. The fourth-order valence-corrected chi connectivity index (χ4v) is 2.82. The molecule has 0 aliphatic heterocycles. The second-order valence-electron chi connectivity index (χ2n) is 6.37. The van der Waals surface area contributed by atoms with Crippen LogP contribution in [0.2, 0.25) is 0 Å². The van der Waals surface area contributed by atoms with Crippen LogP contribution in [0.5, 0.6) is 11.5 Å². The molecule has 0 aliphatic rings. The summed E-state index contributed by atoms with van der Waals surface area (Å²) in [6.45, 7) is 1.92. The maximum absolute atomic E-state index is 12.7. The number of amides is 2. The molecule has 148 valence electrons. The van der Waals surface area contributed by atoms with Gasteiger partial charge in [-0.15, -0.1) is 0 Å². The molecule has 2 amide bonds. The summed E-state index contributed by atoms with van der Waals surface area (Å²) in [4.78, 5) is 25.3. The minimum absolute atomic E-state index is 0.284. The van der Waals surface area contributed by atoms with E-state index in [0.717, 1.165) is 11.3 Å². The molecular formula is C23H22N2O4. The highest BCUT2D eigenvalue weighted by molar-refractivity contribution is 6.09. The van der Waals surface area contributed by atoms with Gasteiger partial charge in [-0.2, -0.15) is 0 Å². The summed E-state index contributed by atoms with van der Waals surface area (Å²) in [6.07, 6.45) is 0. The van der Waals surface area contributed by atoms with Crippen LogP contribution in [0.25, 0.3) is 0 Å². The number of hydrogen-bond donors (Lipinski definition) is 2. The standard InChI is InChI=1S/C23H22N2O4/c1-15-7-4-5-10-19(15)24-22(26)16-8-6-9-17(13-16)23(27)25-20-14-18(28-2)11-12-21(20)29-3/h4-14H,1-3H3,(H,24,26)(H,25,27). The van der Waals surface area contributed by atoms with Gasteiger partial charge in [0.1, 0.15) is 11.5 Å². The Hall–Kier alpha value is -3.80. The third kappa shape index (κ3) is 4.73. The van der Waals surface area contributed by atoms with Crippen molar-refractivity contribution in [3.05, 3.63) is 83.4 Å². The zero-order valence-corrected chi connectivity index (χ0v) is 16.5. The molecular weight excluding hydrogens is 368 g/mol. The molecule has 0 heterocycles. The van der Waals surface area contributed by atoms with Crippen molar-refractivity contribution in [1.82, 2.24) is 0 Å². The molecule has 3 rings (SSSR count). The van der Waals surface area contributed by atoms with Crippen LogP contribution in [0.1, 0.15) is 26.3 Å². The number of nitrogens with one attached hydrogen (secondary N) is 2. The van der Waals surface area contributed by atoms with E-state index in [1.165, 1.54) is 7.11 Å². The van der Waals surface area contributed by atoms with E-state index in [1.54, 1.807) is 49.6 Å². The molecule has 0 fully saturated rings. The van der Waals surface area contributed by atoms with Gasteiger partial charge in [-0.3, -0.25) is 9.59 Å². The number of carbonyl (C=O) groups excluding carboxylic acids is 2. The Morgan fingerprint density at radius 1 is 0.724 bits per heavy atom. The zero-order valence-electron chi connectivity index (χ0n) is 16.5. The fraction of sp³-hybridized carbons (Fsp3) is 0.130. The predicted molar refractivity (Wildman–Crippen MR) is 113 cm³/mol. The Morgan fingerprint density at radius 3 is 2.00 bits per heavy atom. The van der Waals surface area contributed by atoms with Crippen molar-refractivity contribution in [3.8, 4) is 11.5 Å². The normalized spacial score (nSPS) is 10.2. The van der Waals surface area contributed by atoms with Gasteiger partial charge in [0, 0.05) is 22.9 Å². The maximum Gasteiger partial charge on any atom is 0.255 e. The maximum atomic E-state index is 12.7. The zero-order chi connectivity index (χ0) is 20.8. The summed E-state index contributed by atoms with van der Waals surface area (Å²) in [5.74, 6) is 0.454. The first-order chi connectivity index (χ1) is 14.0. The molecule has 2 N–H and O–H groups in total. The van der Waals surface area contributed by atoms with Gasteiger partial charge in [-0.25, -0.2) is 0 Å². The van der Waals surface area contributed by atoms with Crippen molar-refractivity contribution in [1.29, 1.82) is 0 Å². The van der Waals surface area contributed by atoms with Gasteiger partial charge in [0.05, 0.1) is 19.9 Å². The van der Waals surface area contributed by atoms with Gasteiger partial charge in [0.15, 0.2) is 0 Å². The Morgan fingerprint density at radius 2 is 1.38 bits per heavy atom. The fourth-order valence-electron chi connectivity index (χ4n) is 2.82. The summed E-state index contributed by atoms with van der Waals surface area (Å²) in [6, 6.07) is 19.2. The van der Waals surface area contributed by atoms with Gasteiger partial charge >= 0.3 is 0 Å². The van der Waals surface area contributed by atoms with Gasteiger partial charge in [-0.05, 0) is 48.9 Å². The number of carbonyl (C=O) groups is 2. The lowest BCUT2D eigenvalue weighted by atomic mass is 10.1. The number of benzene rings is 3. The van der Waals surface area contributed by atoms with Gasteiger partial charge in [0.25, 0.3) is 11.8 Å². The second kappa shape index (κ2) is 8.93. The predicted octanol–water partition coefficient (Wildman–Crippen LogP) is 4.52. The van der Waals surface area contributed by atoms with E-state index in [9.17, 15) is 9.59 Å². The molecule has 0 unspecified atom stereocenters. The minimum atomic E-state index is -0.359. The van der Waals surface area contributed by atoms with Crippen LogP contribution in [0.4, 0.5) is 11.4 Å². The molecule has 3 aromatic rings. The smallest absolute Gasteiger partial charge is 0.255 e. The highest BCUT2D eigenvalue weighted by Gasteiger charge is 2.14. The molecule has 0 aromatic heterocycles. The lowest BCUT2D eigenvalue weighted by Crippen LogP contribution is -2.16. The van der Waals surface area contributed by atoms with E-state index >= 15 is 0 Å². The quantitative estimate of drug-likeness (QED) is 0.649. The summed E-state index contributed by atoms with van der Waals surface area (Å²) in [5.41, 5.74) is 2.91. The van der Waals surface area contributed by atoms with Crippen molar-refractivity contribution < 1.29 is 19.1 Å². The summed E-state index contributed by atoms with van der Waals surface area (Å²) < 4.78 is 10.5. The van der Waals surface area contributed by atoms with E-state index in [1.807, 2.05) is 31.2 Å². The Balaban J connectivity index is 1.79. The molecule has 0 saturated carbocycles. The Kier molecular flexibility index (Phi) is 6.14. The largest absolute Gasteiger partial charge is 0.497 e. The lowest BCUT2D eigenvalue weighted by molar-refractivity contribution is 0.102. The van der Waals surface area contributed by atoms with Gasteiger partial charge in [0.2, 0.25) is 0 Å². The molecule has 0 bridgehead atoms. The van der Waals surface area contributed by atoms with E-state index in [2.05, 4.69) is 10.6 Å². The van der Waals surface area contributed by atoms with Crippen LogP contribution in [0, 0.1) is 6.92 Å². The first-order valence-electron chi connectivity index (χ1n) is 9.02. The average molecular weight is 390 g/mol. The molecule has 0 atom stereocenters. The monoisotopic (exact) mass is 390 g/mol. The van der Waals surface area contributed by atoms with Crippen LogP contribution in [-0.2, 0) is 0 Å². The topological polar surface area (TPSA) is 76.7 Å². The van der Waals surface area contributed by atoms with E-state index in [0.29, 0.717) is 28.3 Å². The minimum Gasteiger partial charge on any atom is -0.497 e. The SMILES string of the molecule is COc1ccc(OC)c(NC(=O)c2cccc(C(=O)Nc3ccccc3C)c2)c1. The molecule has 0 radical (unpaired) electrons. The highest BCUT2D eigenvalue weighted by Crippen LogP contribution is 2.29. The molecule has 6 heteroatoms. The number of anilines is 2. The van der Waals surface area contributed by atoms with Crippen molar-refractivity contribution in [3.63, 3.8) is 0 Å². The second-order valence-corrected chi connectivity index (χ2v) is 6.37. The van der Waals surface area contributed by atoms with Crippen LogP contribution in [0.3, 0.4) is 0 Å². The third-order valence-electron chi connectivity index (χ3n) is 4.44. The van der Waals surface area contributed by atoms with Crippen LogP contribution >= 0.6 is 0 Å². The Labute approximate surface area is 169 Å². The first-order valence-corrected chi connectivity index (χ1v) is 9.02. The van der Waals surface area contributed by atoms with E-state index in [4.69, 9.17) is 9.47 Å². The summed E-state index contributed by atoms with van der Waals surface area (Å²) in [7, 11) is 3.07. The number of rotatable bonds is 6. The van der Waals surface area contributed by atoms with E-state index in [-0.39, 0.29) is 11.8 Å². The number of hydrogen-bond acceptors (Lipinski definition) is 4. The number of methoxy groups -OCH3 is 2. The van der Waals surface area contributed by atoms with Crippen molar-refractivity contribution in [2.75, 3.05) is 24.9 Å². The van der Waals surface area contributed by atoms with Gasteiger partial charge < -0.3 is 20.1 Å². The van der Waals surface area contributed by atoms with Crippen molar-refractivity contribution in [2.24, 2.45) is 0 Å². The molecule has 3 aromatic carbocycles. The summed E-state index contributed by atoms with van der Waals surface area (Å²) >= 11 is 0. The molecule has 0 aliphatic carbocycles. The van der Waals surface area contributed by atoms with Crippen LogP contribution in [0.15, 0.2) is 66.7 Å². The highest BCUT2D eigenvalue weighted by atomic mass is 16.5. The van der Waals surface area contributed by atoms with E-state index < -0.39 is 0 Å². The number of para-hydroxylation sites is 1. The molecule has 6 nitrogen and oxygen atoms in total. The van der Waals surface area contributed by atoms with Crippen LogP contribution in [-0.4, -0.2) is 26.0 Å². The van der Waals surface area contributed by atoms with Crippen molar-refractivity contribution >= 4 is 23.2 Å².